The summed E-state index contributed by atoms with van der Waals surface area (Å²) in [5.41, 5.74) is 0. The second-order valence-electron chi connectivity index (χ2n) is 2.52. The molecule has 0 aromatic carbocycles. The molecule has 0 radical (unpaired) electrons. The topological polar surface area (TPSA) is 101 Å². The lowest BCUT2D eigenvalue weighted by Crippen LogP contribution is -2.37. The highest BCUT2D eigenvalue weighted by molar-refractivity contribution is 7.89. The number of carbonyl (C=O) groups is 1. The third-order valence-electron chi connectivity index (χ3n) is 1.22. The fraction of sp³-hybridized carbons (Fsp3) is 0.571. The van der Waals surface area contributed by atoms with Crippen molar-refractivity contribution >= 4 is 15.9 Å². The van der Waals surface area contributed by atoms with Crippen LogP contribution in [0.3, 0.4) is 0 Å². The van der Waals surface area contributed by atoms with E-state index in [1.807, 2.05) is 0 Å². The van der Waals surface area contributed by atoms with Gasteiger partial charge in [-0.25, -0.2) is 13.6 Å². The Bertz CT molecular complexity index is 318. The Morgan fingerprint density at radius 2 is 2.14 bits per heavy atom. The number of rotatable bonds is 6. The number of primary sulfonamides is 1. The van der Waals surface area contributed by atoms with Crippen molar-refractivity contribution in [2.45, 2.75) is 0 Å². The number of nitrogens with one attached hydrogen (secondary N) is 2. The van der Waals surface area contributed by atoms with Gasteiger partial charge in [-0.05, 0) is 0 Å². The van der Waals surface area contributed by atoms with Gasteiger partial charge in [0.25, 0.3) is 0 Å². The smallest absolute Gasteiger partial charge is 0.234 e. The Hall–Kier alpha value is -1.10. The summed E-state index contributed by atoms with van der Waals surface area (Å²) in [4.78, 5) is 10.9. The fourth-order valence-corrected chi connectivity index (χ4v) is 1.03. The van der Waals surface area contributed by atoms with E-state index in [1.165, 1.54) is 0 Å². The van der Waals surface area contributed by atoms with Crippen molar-refractivity contribution in [3.8, 4) is 12.3 Å². The van der Waals surface area contributed by atoms with Crippen molar-refractivity contribution in [2.75, 3.05) is 25.4 Å². The Balaban J connectivity index is 3.51. The van der Waals surface area contributed by atoms with Gasteiger partial charge in [-0.3, -0.25) is 10.1 Å². The van der Waals surface area contributed by atoms with Crippen LogP contribution in [0.5, 0.6) is 0 Å². The Morgan fingerprint density at radius 1 is 1.50 bits per heavy atom. The van der Waals surface area contributed by atoms with Crippen molar-refractivity contribution in [3.05, 3.63) is 0 Å². The van der Waals surface area contributed by atoms with Crippen LogP contribution in [0.25, 0.3) is 0 Å². The highest BCUT2D eigenvalue weighted by Crippen LogP contribution is 1.74. The van der Waals surface area contributed by atoms with Crippen LogP contribution in [0.15, 0.2) is 0 Å². The first-order valence-corrected chi connectivity index (χ1v) is 5.58. The van der Waals surface area contributed by atoms with Crippen LogP contribution in [0, 0.1) is 12.3 Å². The summed E-state index contributed by atoms with van der Waals surface area (Å²) in [5, 5.41) is 9.74. The Morgan fingerprint density at radius 3 is 2.64 bits per heavy atom. The molecule has 0 aromatic rings. The predicted octanol–water partition coefficient (Wildman–Crippen LogP) is -2.39. The minimum atomic E-state index is -3.51. The molecular formula is C7H13N3O3S. The summed E-state index contributed by atoms with van der Waals surface area (Å²) in [5.74, 6) is 1.71. The van der Waals surface area contributed by atoms with Crippen molar-refractivity contribution in [3.63, 3.8) is 0 Å². The molecule has 0 rings (SSSR count). The Labute approximate surface area is 83.3 Å². The van der Waals surface area contributed by atoms with Crippen LogP contribution < -0.4 is 15.8 Å². The molecule has 0 saturated carbocycles. The highest BCUT2D eigenvalue weighted by atomic mass is 32.2. The molecule has 7 heteroatoms. The van der Waals surface area contributed by atoms with E-state index in [0.717, 1.165) is 0 Å². The monoisotopic (exact) mass is 219 g/mol. The fourth-order valence-electron chi connectivity index (χ4n) is 0.643. The second kappa shape index (κ2) is 6.37. The lowest BCUT2D eigenvalue weighted by molar-refractivity contribution is -0.120. The summed E-state index contributed by atoms with van der Waals surface area (Å²) < 4.78 is 20.9. The summed E-state index contributed by atoms with van der Waals surface area (Å²) in [6, 6.07) is 0. The van der Waals surface area contributed by atoms with Gasteiger partial charge in [-0.15, -0.1) is 6.42 Å². The first-order chi connectivity index (χ1) is 6.45. The van der Waals surface area contributed by atoms with Gasteiger partial charge in [-0.1, -0.05) is 5.92 Å². The largest absolute Gasteiger partial charge is 0.354 e. The molecular weight excluding hydrogens is 206 g/mol. The SMILES string of the molecule is C#CCNCC(=O)NCCS(N)(=O)=O. The van der Waals surface area contributed by atoms with E-state index in [-0.39, 0.29) is 24.7 Å². The Kier molecular flexibility index (Phi) is 5.87. The van der Waals surface area contributed by atoms with Crippen molar-refractivity contribution in [1.29, 1.82) is 0 Å². The van der Waals surface area contributed by atoms with E-state index < -0.39 is 10.0 Å². The maximum atomic E-state index is 10.9. The van der Waals surface area contributed by atoms with Gasteiger partial charge in [0.1, 0.15) is 0 Å². The second-order valence-corrected chi connectivity index (χ2v) is 4.26. The van der Waals surface area contributed by atoms with Crippen molar-refractivity contribution in [1.82, 2.24) is 10.6 Å². The van der Waals surface area contributed by atoms with Crippen LogP contribution in [0.1, 0.15) is 0 Å². The molecule has 0 saturated heterocycles. The van der Waals surface area contributed by atoms with Crippen LogP contribution in [0.2, 0.25) is 0 Å². The predicted molar refractivity (Wildman–Crippen MR) is 52.7 cm³/mol. The van der Waals surface area contributed by atoms with Crippen LogP contribution in [-0.2, 0) is 14.8 Å². The molecule has 4 N–H and O–H groups in total. The molecule has 0 fully saturated rings. The standard InChI is InChI=1S/C7H13N3O3S/c1-2-3-9-6-7(11)10-4-5-14(8,12)13/h1,9H,3-6H2,(H,10,11)(H2,8,12,13). The molecule has 0 heterocycles. The molecule has 0 aromatic heterocycles. The summed E-state index contributed by atoms with van der Waals surface area (Å²) in [6.45, 7) is 0.368. The van der Waals surface area contributed by atoms with E-state index in [0.29, 0.717) is 6.54 Å². The molecule has 0 unspecified atom stereocenters. The van der Waals surface area contributed by atoms with Gasteiger partial charge in [0.05, 0.1) is 18.8 Å². The van der Waals surface area contributed by atoms with Gasteiger partial charge in [0.15, 0.2) is 0 Å². The number of carbonyl (C=O) groups excluding carboxylic acids is 1. The normalized spacial score (nSPS) is 10.6. The quantitative estimate of drug-likeness (QED) is 0.343. The maximum absolute atomic E-state index is 10.9. The molecule has 80 valence electrons. The van der Waals surface area contributed by atoms with Gasteiger partial charge < -0.3 is 5.32 Å². The van der Waals surface area contributed by atoms with E-state index in [2.05, 4.69) is 16.6 Å². The number of sulfonamides is 1. The first-order valence-electron chi connectivity index (χ1n) is 3.87. The van der Waals surface area contributed by atoms with Crippen LogP contribution in [0.4, 0.5) is 0 Å². The number of amides is 1. The molecule has 0 aliphatic carbocycles. The molecule has 0 spiro atoms. The van der Waals surface area contributed by atoms with Gasteiger partial charge in [0, 0.05) is 6.54 Å². The molecule has 14 heavy (non-hydrogen) atoms. The van der Waals surface area contributed by atoms with Gasteiger partial charge >= 0.3 is 0 Å². The van der Waals surface area contributed by atoms with Gasteiger partial charge in [0.2, 0.25) is 15.9 Å². The minimum Gasteiger partial charge on any atom is -0.354 e. The molecule has 6 nitrogen and oxygen atoms in total. The third kappa shape index (κ3) is 8.99. The summed E-state index contributed by atoms with van der Waals surface area (Å²) in [7, 11) is -3.51. The third-order valence-corrected chi connectivity index (χ3v) is 1.99. The zero-order valence-electron chi connectivity index (χ0n) is 7.62. The number of terminal acetylenes is 1. The van der Waals surface area contributed by atoms with Crippen LogP contribution in [-0.4, -0.2) is 39.7 Å². The zero-order valence-corrected chi connectivity index (χ0v) is 8.43. The lowest BCUT2D eigenvalue weighted by atomic mass is 10.5. The van der Waals surface area contributed by atoms with E-state index in [4.69, 9.17) is 11.6 Å². The molecule has 0 bridgehead atoms. The number of hydrogen-bond donors (Lipinski definition) is 3. The maximum Gasteiger partial charge on any atom is 0.234 e. The molecule has 1 amide bonds. The number of nitrogens with two attached hydrogens (primary N) is 1. The molecule has 0 aliphatic rings. The van der Waals surface area contributed by atoms with Crippen LogP contribution >= 0.6 is 0 Å². The highest BCUT2D eigenvalue weighted by Gasteiger charge is 2.04. The average Bonchev–Trinajstić information content (AvgIpc) is 2.02. The molecule has 0 aliphatic heterocycles. The average molecular weight is 219 g/mol. The first kappa shape index (κ1) is 12.9. The minimum absolute atomic E-state index is 0.00933. The van der Waals surface area contributed by atoms with E-state index in [1.54, 1.807) is 0 Å². The van der Waals surface area contributed by atoms with E-state index in [9.17, 15) is 13.2 Å². The van der Waals surface area contributed by atoms with Crippen molar-refractivity contribution < 1.29 is 13.2 Å². The van der Waals surface area contributed by atoms with E-state index >= 15 is 0 Å². The lowest BCUT2D eigenvalue weighted by Gasteiger charge is -2.03. The summed E-state index contributed by atoms with van der Waals surface area (Å²) >= 11 is 0. The summed E-state index contributed by atoms with van der Waals surface area (Å²) in [6.07, 6.45) is 4.93. The number of hydrogen-bond acceptors (Lipinski definition) is 4. The van der Waals surface area contributed by atoms with Gasteiger partial charge in [-0.2, -0.15) is 0 Å². The van der Waals surface area contributed by atoms with Crippen molar-refractivity contribution in [2.24, 2.45) is 5.14 Å². The molecule has 0 atom stereocenters. The zero-order chi connectivity index (χ0) is 11.0.